The molecule has 14 atom stereocenters. The highest BCUT2D eigenvalue weighted by atomic mass is 28.4. The van der Waals surface area contributed by atoms with Crippen molar-refractivity contribution in [2.45, 2.75) is 280 Å². The first-order valence-corrected chi connectivity index (χ1v) is 42.1. The first-order valence-electron chi connectivity index (χ1n) is 26.3. The number of ether oxygens (including phenoxy) is 6. The first-order chi connectivity index (χ1) is 32.0. The number of methoxy groups -OCH3 is 2. The minimum Gasteiger partial charge on any atom is -0.469 e. The maximum atomic E-state index is 12.4. The smallest absolute Gasteiger partial charge is 0.308 e. The maximum Gasteiger partial charge on any atom is 0.308 e. The van der Waals surface area contributed by atoms with Crippen LogP contribution < -0.4 is 0 Å². The van der Waals surface area contributed by atoms with Crippen LogP contribution in [0.2, 0.25) is 93.7 Å². The van der Waals surface area contributed by atoms with Crippen LogP contribution in [0.15, 0.2) is 23.6 Å². The average Bonchev–Trinajstić information content (AvgIpc) is 3.21. The monoisotopic (exact) mass is 1090 g/mol. The molecule has 4 heterocycles. The number of aliphatic hydroxyl groups is 3. The topological polar surface area (TPSA) is 178 Å². The molecule has 4 aliphatic rings. The minimum atomic E-state index is -2.34. The van der Waals surface area contributed by atoms with Gasteiger partial charge in [-0.15, -0.1) is 0 Å². The third-order valence-electron chi connectivity index (χ3n) is 15.8. The van der Waals surface area contributed by atoms with Crippen molar-refractivity contribution in [3.63, 3.8) is 0 Å². The van der Waals surface area contributed by atoms with Gasteiger partial charge in [0.15, 0.2) is 25.0 Å². The van der Waals surface area contributed by atoms with Gasteiger partial charge in [0.1, 0.15) is 54.9 Å². The zero-order valence-corrected chi connectivity index (χ0v) is 53.5. The molecule has 19 heteroatoms. The van der Waals surface area contributed by atoms with E-state index in [9.17, 15) is 24.9 Å². The van der Waals surface area contributed by atoms with Gasteiger partial charge in [-0.05, 0) is 80.1 Å². The lowest BCUT2D eigenvalue weighted by Crippen LogP contribution is -2.69. The Labute approximate surface area is 435 Å². The van der Waals surface area contributed by atoms with Gasteiger partial charge >= 0.3 is 11.9 Å². The third-order valence-corrected chi connectivity index (χ3v) is 31.6. The summed E-state index contributed by atoms with van der Waals surface area (Å²) in [6.07, 6.45) is -1.15. The number of carbonyl (C=O) groups excluding carboxylic acids is 2. The normalized spacial score (nSPS) is 31.5. The number of aliphatic hydroxyl groups excluding tert-OH is 3. The van der Waals surface area contributed by atoms with Gasteiger partial charge in [-0.2, -0.15) is 0 Å². The highest BCUT2D eigenvalue weighted by Crippen LogP contribution is 2.47. The van der Waals surface area contributed by atoms with E-state index in [1.807, 2.05) is 5.70 Å². The average molecular weight is 1090 g/mol. The summed E-state index contributed by atoms with van der Waals surface area (Å²) in [7, 11) is -7.19. The van der Waals surface area contributed by atoms with Crippen molar-refractivity contribution < 1.29 is 66.6 Å². The molecular weight excluding hydrogens is 989 g/mol. The third kappa shape index (κ3) is 18.1. The first kappa shape index (κ1) is 64.4. The number of esters is 2. The minimum absolute atomic E-state index is 0.0211. The van der Waals surface area contributed by atoms with E-state index in [1.54, 1.807) is 6.08 Å². The maximum absolute atomic E-state index is 12.4. The molecule has 71 heavy (non-hydrogen) atoms. The van der Waals surface area contributed by atoms with Crippen molar-refractivity contribution in [3.8, 4) is 0 Å². The van der Waals surface area contributed by atoms with E-state index >= 15 is 0 Å². The molecule has 0 spiro atoms. The van der Waals surface area contributed by atoms with E-state index in [1.165, 1.54) is 14.2 Å². The molecule has 4 saturated heterocycles. The van der Waals surface area contributed by atoms with Crippen LogP contribution in [0.4, 0.5) is 0 Å². The van der Waals surface area contributed by atoms with E-state index in [2.05, 4.69) is 157 Å². The second-order valence-corrected chi connectivity index (χ2v) is 51.8. The van der Waals surface area contributed by atoms with Gasteiger partial charge in [0.25, 0.3) is 0 Å². The van der Waals surface area contributed by atoms with Crippen LogP contribution in [0.5, 0.6) is 0 Å². The molecule has 0 aliphatic carbocycles. The molecule has 0 aromatic heterocycles. The SMILES string of the molecule is COC(=O)CC1CC[C@@H]2O[C@@H]([C@@H](O)/C=C/[Si](C)(C)C)[C@@H](O)[C@@H](O)[C@H]2O1.COC(=O)CC1CC[C@@H]2O[C@@H]([C@H](/C=C/[Si](C)(C)C)O[Si](C)(C)C(C)(C)C)[C@@H](O[Si](C)(C)C(C)(C)C)[C@@H](O[Si](C)(C)C(C)(C)C)[C@H]2O1. The van der Waals surface area contributed by atoms with Crippen molar-refractivity contribution in [1.29, 1.82) is 0 Å². The summed E-state index contributed by atoms with van der Waals surface area (Å²) < 4.78 is 57.6. The lowest BCUT2D eigenvalue weighted by atomic mass is 9.87. The molecule has 0 saturated carbocycles. The van der Waals surface area contributed by atoms with E-state index in [-0.39, 0.29) is 82.6 Å². The van der Waals surface area contributed by atoms with Crippen molar-refractivity contribution in [1.82, 2.24) is 0 Å². The summed E-state index contributed by atoms with van der Waals surface area (Å²) in [5.41, 5.74) is 4.38. The summed E-state index contributed by atoms with van der Waals surface area (Å²) in [5, 5.41) is 31.1. The summed E-state index contributed by atoms with van der Waals surface area (Å²) in [6.45, 7) is 47.9. The Morgan fingerprint density at radius 3 is 1.37 bits per heavy atom. The van der Waals surface area contributed by atoms with Crippen molar-refractivity contribution in [2.75, 3.05) is 14.2 Å². The second-order valence-electron chi connectivity index (χ2n) is 27.4. The highest BCUT2D eigenvalue weighted by Gasteiger charge is 2.58. The van der Waals surface area contributed by atoms with Crippen molar-refractivity contribution in [2.24, 2.45) is 0 Å². The molecule has 2 unspecified atom stereocenters. The highest BCUT2D eigenvalue weighted by molar-refractivity contribution is 6.81. The summed E-state index contributed by atoms with van der Waals surface area (Å²) in [5.74, 6) is -0.631. The van der Waals surface area contributed by atoms with Crippen molar-refractivity contribution >= 4 is 53.0 Å². The summed E-state index contributed by atoms with van der Waals surface area (Å²) in [4.78, 5) is 23.8. The van der Waals surface area contributed by atoms with E-state index in [4.69, 9.17) is 37.0 Å². The molecule has 3 N–H and O–H groups in total. The molecule has 0 aromatic rings. The standard InChI is InChI=1S/C35H72O7Si4.C17H30O7Si/c1-33(2,3)44(14,15)40-27(22-23-43(11,12)13)30-32(42-46(18,19)35(7,8)9)31(41-45(16,17)34(4,5)6)29-26(39-30)21-20-25(38-29)24-28(36)37-10;1-22-13(19)9-10-5-6-12-17(23-10)15(21)14(20)16(24-12)11(18)7-8-25(2,3)4/h22-23,25-27,29-32H,20-21,24H2,1-19H3;7-8,10-12,14-18,20-21H,5-6,9H2,1-4H3/b23-22+;8-7+/t25?,26-,27-,29-,30-,31-,32+;10?,11-,12-,14-,15+,16-,17-/m00/s1. The van der Waals surface area contributed by atoms with Crippen LogP contribution >= 0.6 is 0 Å². The Morgan fingerprint density at radius 1 is 0.549 bits per heavy atom. The molecule has 14 nitrogen and oxygen atoms in total. The fourth-order valence-electron chi connectivity index (χ4n) is 8.29. The van der Waals surface area contributed by atoms with Crippen LogP contribution in [0, 0.1) is 0 Å². The second kappa shape index (κ2) is 24.6. The van der Waals surface area contributed by atoms with E-state index < -0.39 is 83.8 Å². The Kier molecular flexibility index (Phi) is 22.3. The molecule has 0 aromatic carbocycles. The molecule has 4 aliphatic heterocycles. The molecular formula is C52H102O14Si5. The predicted octanol–water partition coefficient (Wildman–Crippen LogP) is 9.85. The van der Waals surface area contributed by atoms with Crippen LogP contribution in [0.3, 0.4) is 0 Å². The van der Waals surface area contributed by atoms with Crippen LogP contribution in [-0.4, -0.2) is 168 Å². The zero-order chi connectivity index (χ0) is 54.7. The van der Waals surface area contributed by atoms with Crippen LogP contribution in [0.25, 0.3) is 0 Å². The van der Waals surface area contributed by atoms with Gasteiger partial charge in [0.2, 0.25) is 0 Å². The lowest BCUT2D eigenvalue weighted by molar-refractivity contribution is -0.274. The number of fused-ring (bicyclic) bond motifs is 2. The number of rotatable bonds is 16. The van der Waals surface area contributed by atoms with Crippen molar-refractivity contribution in [3.05, 3.63) is 23.6 Å². The van der Waals surface area contributed by atoms with Gasteiger partial charge in [-0.3, -0.25) is 9.59 Å². The quantitative estimate of drug-likeness (QED) is 0.0983. The van der Waals surface area contributed by atoms with Gasteiger partial charge in [-0.25, -0.2) is 0 Å². The molecule has 414 valence electrons. The Balaban J connectivity index is 0.000000446. The Bertz CT molecular complexity index is 1770. The largest absolute Gasteiger partial charge is 0.469 e. The molecule has 4 fully saturated rings. The fourth-order valence-corrected chi connectivity index (χ4v) is 13.7. The van der Waals surface area contributed by atoms with Gasteiger partial charge in [-0.1, -0.05) is 125 Å². The lowest BCUT2D eigenvalue weighted by Gasteiger charge is -2.56. The summed E-state index contributed by atoms with van der Waals surface area (Å²) >= 11 is 0. The Hall–Kier alpha value is -0.896. The van der Waals surface area contributed by atoms with E-state index in [0.29, 0.717) is 12.8 Å². The molecule has 0 bridgehead atoms. The zero-order valence-electron chi connectivity index (χ0n) is 48.5. The van der Waals surface area contributed by atoms with Gasteiger partial charge < -0.3 is 57.0 Å². The van der Waals surface area contributed by atoms with Gasteiger partial charge in [0, 0.05) is 0 Å². The Morgan fingerprint density at radius 2 is 0.944 bits per heavy atom. The number of hydrogen-bond donors (Lipinski definition) is 3. The molecule has 0 amide bonds. The van der Waals surface area contributed by atoms with E-state index in [0.717, 1.165) is 12.8 Å². The van der Waals surface area contributed by atoms with Gasteiger partial charge in [0.05, 0.1) is 73.7 Å². The molecule has 0 radical (unpaired) electrons. The molecule has 4 rings (SSSR count). The van der Waals surface area contributed by atoms with Crippen LogP contribution in [-0.2, 0) is 51.3 Å². The van der Waals surface area contributed by atoms with Crippen LogP contribution in [0.1, 0.15) is 101 Å². The number of hydrogen-bond acceptors (Lipinski definition) is 14. The number of carbonyl (C=O) groups is 2. The predicted molar refractivity (Wildman–Crippen MR) is 296 cm³/mol. The summed E-state index contributed by atoms with van der Waals surface area (Å²) in [6, 6.07) is 0. The fraction of sp³-hybridized carbons (Fsp3) is 0.885.